The Morgan fingerprint density at radius 2 is 2.15 bits per heavy atom. The molecule has 2 heterocycles. The van der Waals surface area contributed by atoms with E-state index in [1.165, 1.54) is 6.33 Å². The number of hydrogen-bond acceptors (Lipinski definition) is 6. The molecule has 6 nitrogen and oxygen atoms in total. The molecule has 0 saturated carbocycles. The molecule has 0 saturated heterocycles. The van der Waals surface area contributed by atoms with Crippen LogP contribution in [0.15, 0.2) is 17.0 Å². The van der Waals surface area contributed by atoms with Crippen molar-refractivity contribution in [3.05, 3.63) is 35.7 Å². The second kappa shape index (κ2) is 6.42. The first-order chi connectivity index (χ1) is 9.60. The maximum atomic E-state index is 13.9. The molecule has 0 aliphatic carbocycles. The van der Waals surface area contributed by atoms with Crippen LogP contribution >= 0.6 is 0 Å². The standard InChI is InChI=1S/C13H18FN5O/c1-4-10-12(14)13(17-8-16-10)15-5-9-7-20-11(18-9)6-19(2)3/h7-8H,4-6H2,1-3H3,(H,15,16,17). The molecule has 2 aromatic heterocycles. The van der Waals surface area contributed by atoms with Crippen LogP contribution in [0.5, 0.6) is 0 Å². The Morgan fingerprint density at radius 3 is 2.85 bits per heavy atom. The number of nitrogens with one attached hydrogen (secondary N) is 1. The van der Waals surface area contributed by atoms with Crippen molar-refractivity contribution < 1.29 is 8.81 Å². The molecule has 0 bridgehead atoms. The quantitative estimate of drug-likeness (QED) is 0.870. The molecule has 0 aromatic carbocycles. The third kappa shape index (κ3) is 3.51. The maximum Gasteiger partial charge on any atom is 0.208 e. The molecule has 0 amide bonds. The molecule has 0 spiro atoms. The Hall–Kier alpha value is -2.02. The zero-order valence-electron chi connectivity index (χ0n) is 11.9. The molecule has 20 heavy (non-hydrogen) atoms. The highest BCUT2D eigenvalue weighted by Gasteiger charge is 2.10. The van der Waals surface area contributed by atoms with E-state index < -0.39 is 5.82 Å². The average Bonchev–Trinajstić information content (AvgIpc) is 2.84. The summed E-state index contributed by atoms with van der Waals surface area (Å²) in [5, 5.41) is 2.91. The molecular formula is C13H18FN5O. The molecule has 0 aliphatic heterocycles. The minimum atomic E-state index is -0.410. The Bertz CT molecular complexity index is 570. The van der Waals surface area contributed by atoms with Crippen molar-refractivity contribution in [1.29, 1.82) is 0 Å². The molecule has 0 fully saturated rings. The first-order valence-corrected chi connectivity index (χ1v) is 6.41. The molecule has 1 N–H and O–H groups in total. The zero-order chi connectivity index (χ0) is 14.5. The topological polar surface area (TPSA) is 67.1 Å². The van der Waals surface area contributed by atoms with Crippen molar-refractivity contribution in [3.8, 4) is 0 Å². The third-order valence-electron chi connectivity index (χ3n) is 2.68. The number of anilines is 1. The van der Waals surface area contributed by atoms with Crippen LogP contribution in [-0.2, 0) is 19.5 Å². The number of aromatic nitrogens is 3. The van der Waals surface area contributed by atoms with Crippen LogP contribution in [0.25, 0.3) is 0 Å². The second-order valence-corrected chi connectivity index (χ2v) is 4.66. The fourth-order valence-corrected chi connectivity index (χ4v) is 1.72. The van der Waals surface area contributed by atoms with Crippen molar-refractivity contribution in [2.45, 2.75) is 26.4 Å². The summed E-state index contributed by atoms with van der Waals surface area (Å²) >= 11 is 0. The first kappa shape index (κ1) is 14.4. The maximum absolute atomic E-state index is 13.9. The van der Waals surface area contributed by atoms with Crippen LogP contribution in [0.1, 0.15) is 24.2 Å². The highest BCUT2D eigenvalue weighted by atomic mass is 19.1. The molecule has 7 heteroatoms. The van der Waals surface area contributed by atoms with Gasteiger partial charge in [-0.05, 0) is 20.5 Å². The van der Waals surface area contributed by atoms with Gasteiger partial charge in [-0.2, -0.15) is 0 Å². The Balaban J connectivity index is 2.00. The van der Waals surface area contributed by atoms with Crippen molar-refractivity contribution >= 4 is 5.82 Å². The summed E-state index contributed by atoms with van der Waals surface area (Å²) in [5.41, 5.74) is 1.11. The van der Waals surface area contributed by atoms with Gasteiger partial charge in [0.2, 0.25) is 5.89 Å². The number of rotatable bonds is 6. The Morgan fingerprint density at radius 1 is 1.35 bits per heavy atom. The van der Waals surface area contributed by atoms with E-state index in [0.717, 1.165) is 0 Å². The van der Waals surface area contributed by atoms with E-state index >= 15 is 0 Å². The monoisotopic (exact) mass is 279 g/mol. The highest BCUT2D eigenvalue weighted by Crippen LogP contribution is 2.14. The van der Waals surface area contributed by atoms with Crippen LogP contribution in [0.2, 0.25) is 0 Å². The van der Waals surface area contributed by atoms with Crippen molar-refractivity contribution in [3.63, 3.8) is 0 Å². The summed E-state index contributed by atoms with van der Waals surface area (Å²) in [4.78, 5) is 14.0. The van der Waals surface area contributed by atoms with Crippen molar-refractivity contribution in [2.24, 2.45) is 0 Å². The molecular weight excluding hydrogens is 261 g/mol. The molecule has 2 aromatic rings. The van der Waals surface area contributed by atoms with Gasteiger partial charge < -0.3 is 14.6 Å². The van der Waals surface area contributed by atoms with Gasteiger partial charge in [0, 0.05) is 0 Å². The number of halogens is 1. The summed E-state index contributed by atoms with van der Waals surface area (Å²) in [6.45, 7) is 2.83. The second-order valence-electron chi connectivity index (χ2n) is 4.66. The molecule has 0 aliphatic rings. The molecule has 0 radical (unpaired) electrons. The Labute approximate surface area is 117 Å². The van der Waals surface area contributed by atoms with E-state index in [-0.39, 0.29) is 5.82 Å². The smallest absolute Gasteiger partial charge is 0.208 e. The largest absolute Gasteiger partial charge is 0.447 e. The highest BCUT2D eigenvalue weighted by molar-refractivity contribution is 5.37. The van der Waals surface area contributed by atoms with Gasteiger partial charge in [-0.15, -0.1) is 0 Å². The van der Waals surface area contributed by atoms with Gasteiger partial charge in [-0.3, -0.25) is 0 Å². The summed E-state index contributed by atoms with van der Waals surface area (Å²) in [5.74, 6) is 0.408. The third-order valence-corrected chi connectivity index (χ3v) is 2.68. The fourth-order valence-electron chi connectivity index (χ4n) is 1.72. The van der Waals surface area contributed by atoms with Crippen LogP contribution in [0.3, 0.4) is 0 Å². The van der Waals surface area contributed by atoms with E-state index in [0.29, 0.717) is 36.8 Å². The zero-order valence-corrected chi connectivity index (χ0v) is 11.9. The number of hydrogen-bond donors (Lipinski definition) is 1. The molecule has 2 rings (SSSR count). The predicted octanol–water partition coefficient (Wildman–Crippen LogP) is 1.84. The fraction of sp³-hybridized carbons (Fsp3) is 0.462. The van der Waals surface area contributed by atoms with Gasteiger partial charge in [0.15, 0.2) is 11.6 Å². The van der Waals surface area contributed by atoms with E-state index in [4.69, 9.17) is 4.42 Å². The van der Waals surface area contributed by atoms with Crippen LogP contribution in [0, 0.1) is 5.82 Å². The van der Waals surface area contributed by atoms with E-state index in [1.54, 1.807) is 6.26 Å². The predicted molar refractivity (Wildman–Crippen MR) is 72.6 cm³/mol. The molecule has 0 atom stereocenters. The average molecular weight is 279 g/mol. The van der Waals surface area contributed by atoms with Crippen LogP contribution in [0.4, 0.5) is 10.2 Å². The van der Waals surface area contributed by atoms with Crippen LogP contribution in [-0.4, -0.2) is 33.9 Å². The summed E-state index contributed by atoms with van der Waals surface area (Å²) in [6.07, 6.45) is 3.44. The summed E-state index contributed by atoms with van der Waals surface area (Å²) in [7, 11) is 3.87. The lowest BCUT2D eigenvalue weighted by Crippen LogP contribution is -2.11. The normalized spacial score (nSPS) is 11.1. The lowest BCUT2D eigenvalue weighted by atomic mass is 10.3. The molecule has 108 valence electrons. The number of oxazole rings is 1. The lowest BCUT2D eigenvalue weighted by molar-refractivity contribution is 0.341. The van der Waals surface area contributed by atoms with Gasteiger partial charge in [0.1, 0.15) is 12.6 Å². The first-order valence-electron chi connectivity index (χ1n) is 6.41. The number of nitrogens with zero attached hydrogens (tertiary/aromatic N) is 4. The van der Waals surface area contributed by atoms with Gasteiger partial charge in [0.05, 0.1) is 24.5 Å². The summed E-state index contributed by atoms with van der Waals surface area (Å²) in [6, 6.07) is 0. The number of aryl methyl sites for hydroxylation is 1. The van der Waals surface area contributed by atoms with Gasteiger partial charge in [-0.25, -0.2) is 19.3 Å². The van der Waals surface area contributed by atoms with Crippen molar-refractivity contribution in [2.75, 3.05) is 19.4 Å². The molecule has 0 unspecified atom stereocenters. The lowest BCUT2D eigenvalue weighted by Gasteiger charge is -2.06. The van der Waals surface area contributed by atoms with E-state index in [1.807, 2.05) is 25.9 Å². The van der Waals surface area contributed by atoms with Crippen LogP contribution < -0.4 is 5.32 Å². The van der Waals surface area contributed by atoms with Gasteiger partial charge in [0.25, 0.3) is 0 Å². The minimum Gasteiger partial charge on any atom is -0.447 e. The minimum absolute atomic E-state index is 0.189. The van der Waals surface area contributed by atoms with Crippen molar-refractivity contribution in [1.82, 2.24) is 19.9 Å². The SMILES string of the molecule is CCc1ncnc(NCc2coc(CN(C)C)n2)c1F. The summed E-state index contributed by atoms with van der Waals surface area (Å²) < 4.78 is 19.2. The van der Waals surface area contributed by atoms with Gasteiger partial charge in [-0.1, -0.05) is 6.92 Å². The Kier molecular flexibility index (Phi) is 4.62. The van der Waals surface area contributed by atoms with E-state index in [9.17, 15) is 4.39 Å². The van der Waals surface area contributed by atoms with Gasteiger partial charge >= 0.3 is 0 Å². The van der Waals surface area contributed by atoms with E-state index in [2.05, 4.69) is 20.3 Å².